The van der Waals surface area contributed by atoms with E-state index in [9.17, 15) is 9.90 Å². The summed E-state index contributed by atoms with van der Waals surface area (Å²) in [6, 6.07) is 3.37. The van der Waals surface area contributed by atoms with Crippen LogP contribution in [0, 0.1) is 0 Å². The van der Waals surface area contributed by atoms with Gasteiger partial charge in [0, 0.05) is 37.9 Å². The number of hydrogen-bond acceptors (Lipinski definition) is 10. The Balaban J connectivity index is 1.41. The summed E-state index contributed by atoms with van der Waals surface area (Å²) in [6.07, 6.45) is 2.91. The van der Waals surface area contributed by atoms with Gasteiger partial charge in [0.05, 0.1) is 32.6 Å². The van der Waals surface area contributed by atoms with Gasteiger partial charge in [0.15, 0.2) is 10.9 Å². The van der Waals surface area contributed by atoms with Crippen LogP contribution >= 0.6 is 11.3 Å². The molecule has 0 aromatic carbocycles. The molecule has 0 saturated carbocycles. The van der Waals surface area contributed by atoms with E-state index in [0.29, 0.717) is 54.1 Å². The number of rotatable bonds is 5. The average molecular weight is 443 g/mol. The monoisotopic (exact) mass is 442 g/mol. The first-order valence-electron chi connectivity index (χ1n) is 9.99. The summed E-state index contributed by atoms with van der Waals surface area (Å²) in [7, 11) is 1.58. The second kappa shape index (κ2) is 8.25. The molecule has 2 saturated heterocycles. The van der Waals surface area contributed by atoms with Crippen molar-refractivity contribution in [1.82, 2.24) is 15.0 Å². The first kappa shape index (κ1) is 19.9. The maximum atomic E-state index is 12.9. The number of anilines is 3. The number of β-amino-alcohol motifs (C(OH)–C–C–N with tert-alkyl or cyclic N) is 1. The highest BCUT2D eigenvalue weighted by atomic mass is 32.1. The fourth-order valence-electron chi connectivity index (χ4n) is 3.63. The fourth-order valence-corrected chi connectivity index (χ4v) is 4.62. The number of aromatic nitrogens is 3. The maximum absolute atomic E-state index is 12.9. The Bertz CT molecular complexity index is 1110. The number of nitrogens with one attached hydrogen (secondary N) is 1. The molecule has 0 bridgehead atoms. The number of fused-ring (bicyclic) bond motifs is 1. The average Bonchev–Trinajstić information content (AvgIpc) is 3.20. The van der Waals surface area contributed by atoms with Crippen molar-refractivity contribution in [2.75, 3.05) is 61.6 Å². The van der Waals surface area contributed by atoms with E-state index in [-0.39, 0.29) is 12.0 Å². The van der Waals surface area contributed by atoms with Crippen molar-refractivity contribution in [3.8, 4) is 5.75 Å². The van der Waals surface area contributed by atoms with Crippen LogP contribution in [0.4, 0.5) is 16.8 Å². The van der Waals surface area contributed by atoms with E-state index in [1.54, 1.807) is 31.6 Å². The number of nitrogens with zero attached hydrogens (tertiary/aromatic N) is 5. The Hall–Kier alpha value is -3.02. The van der Waals surface area contributed by atoms with Gasteiger partial charge in [-0.2, -0.15) is 0 Å². The van der Waals surface area contributed by atoms with Gasteiger partial charge in [0.2, 0.25) is 0 Å². The highest BCUT2D eigenvalue weighted by Gasteiger charge is 2.26. The number of thiazole rings is 1. The number of hydrogen-bond donors (Lipinski definition) is 2. The fraction of sp³-hybridized carbons (Fsp3) is 0.400. The van der Waals surface area contributed by atoms with Gasteiger partial charge >= 0.3 is 0 Å². The Kier molecular flexibility index (Phi) is 5.30. The SMILES string of the molecule is COc1cnc(N2CCOCC2)c2sc(NC(=O)c3ccnc(N4CC(O)C4)c3)nc12. The molecule has 3 aromatic heterocycles. The van der Waals surface area contributed by atoms with Crippen LogP contribution in [-0.4, -0.2) is 78.6 Å². The number of carbonyl (C=O) groups is 1. The van der Waals surface area contributed by atoms with E-state index in [1.165, 1.54) is 11.3 Å². The minimum atomic E-state index is -0.341. The number of morpholine rings is 1. The van der Waals surface area contributed by atoms with E-state index in [0.717, 1.165) is 23.6 Å². The van der Waals surface area contributed by atoms with Crippen LogP contribution in [0.15, 0.2) is 24.5 Å². The van der Waals surface area contributed by atoms with Crippen LogP contribution < -0.4 is 19.9 Å². The van der Waals surface area contributed by atoms with Crippen LogP contribution in [0.3, 0.4) is 0 Å². The van der Waals surface area contributed by atoms with E-state index in [1.807, 2.05) is 4.90 Å². The molecule has 31 heavy (non-hydrogen) atoms. The van der Waals surface area contributed by atoms with Crippen molar-refractivity contribution in [1.29, 1.82) is 0 Å². The van der Waals surface area contributed by atoms with E-state index >= 15 is 0 Å². The van der Waals surface area contributed by atoms with Gasteiger partial charge < -0.3 is 24.4 Å². The second-order valence-electron chi connectivity index (χ2n) is 7.36. The second-order valence-corrected chi connectivity index (χ2v) is 8.36. The Labute approximate surface area is 182 Å². The molecular weight excluding hydrogens is 420 g/mol. The third-order valence-electron chi connectivity index (χ3n) is 5.31. The van der Waals surface area contributed by atoms with E-state index in [4.69, 9.17) is 9.47 Å². The van der Waals surface area contributed by atoms with Crippen molar-refractivity contribution < 1.29 is 19.4 Å². The minimum absolute atomic E-state index is 0.274. The molecule has 5 heterocycles. The lowest BCUT2D eigenvalue weighted by atomic mass is 10.1. The molecule has 162 valence electrons. The summed E-state index contributed by atoms with van der Waals surface area (Å²) in [5.41, 5.74) is 1.15. The molecule has 11 heteroatoms. The van der Waals surface area contributed by atoms with Crippen LogP contribution in [0.25, 0.3) is 10.2 Å². The number of methoxy groups -OCH3 is 1. The van der Waals surface area contributed by atoms with Crippen molar-refractivity contribution in [3.63, 3.8) is 0 Å². The van der Waals surface area contributed by atoms with Gasteiger partial charge in [-0.1, -0.05) is 11.3 Å². The topological polar surface area (TPSA) is 113 Å². The zero-order chi connectivity index (χ0) is 21.4. The molecule has 0 spiro atoms. The van der Waals surface area contributed by atoms with Gasteiger partial charge in [-0.3, -0.25) is 10.1 Å². The zero-order valence-electron chi connectivity index (χ0n) is 16.9. The summed E-state index contributed by atoms with van der Waals surface area (Å²) in [5, 5.41) is 12.9. The maximum Gasteiger partial charge on any atom is 0.257 e. The molecule has 3 aromatic rings. The molecule has 0 aliphatic carbocycles. The molecule has 2 aliphatic heterocycles. The van der Waals surface area contributed by atoms with Gasteiger partial charge in [-0.25, -0.2) is 15.0 Å². The molecular formula is C20H22N6O4S. The Morgan fingerprint density at radius 2 is 2.10 bits per heavy atom. The van der Waals surface area contributed by atoms with Gasteiger partial charge in [0.25, 0.3) is 5.91 Å². The first-order valence-corrected chi connectivity index (χ1v) is 10.8. The van der Waals surface area contributed by atoms with Crippen LogP contribution in [0.1, 0.15) is 10.4 Å². The van der Waals surface area contributed by atoms with Crippen LogP contribution in [-0.2, 0) is 4.74 Å². The predicted octanol–water partition coefficient (Wildman–Crippen LogP) is 1.36. The molecule has 5 rings (SSSR count). The van der Waals surface area contributed by atoms with Gasteiger partial charge in [-0.05, 0) is 12.1 Å². The largest absolute Gasteiger partial charge is 0.493 e. The van der Waals surface area contributed by atoms with Crippen molar-refractivity contribution in [2.45, 2.75) is 6.10 Å². The number of aliphatic hydroxyl groups is 1. The number of ether oxygens (including phenoxy) is 2. The molecule has 10 nitrogen and oxygen atoms in total. The number of amides is 1. The molecule has 2 aliphatic rings. The standard InChI is InChI=1S/C20H22N6O4S/c1-29-14-9-22-18(25-4-6-30-7-5-25)17-16(14)23-20(31-17)24-19(28)12-2-3-21-15(8-12)26-10-13(27)11-26/h2-3,8-9,13,27H,4-7,10-11H2,1H3,(H,23,24,28). The van der Waals surface area contributed by atoms with E-state index < -0.39 is 0 Å². The third-order valence-corrected chi connectivity index (χ3v) is 6.28. The minimum Gasteiger partial charge on any atom is -0.493 e. The highest BCUT2D eigenvalue weighted by Crippen LogP contribution is 2.38. The number of pyridine rings is 2. The molecule has 1 amide bonds. The Morgan fingerprint density at radius 1 is 1.29 bits per heavy atom. The van der Waals surface area contributed by atoms with Crippen LogP contribution in [0.5, 0.6) is 5.75 Å². The smallest absolute Gasteiger partial charge is 0.257 e. The highest BCUT2D eigenvalue weighted by molar-refractivity contribution is 7.23. The summed E-state index contributed by atoms with van der Waals surface area (Å²) < 4.78 is 11.7. The summed E-state index contributed by atoms with van der Waals surface area (Å²) >= 11 is 1.37. The normalized spacial score (nSPS) is 17.0. The number of carbonyl (C=O) groups excluding carboxylic acids is 1. The lowest BCUT2D eigenvalue weighted by Crippen LogP contribution is -2.51. The van der Waals surface area contributed by atoms with Crippen molar-refractivity contribution in [2.24, 2.45) is 0 Å². The summed E-state index contributed by atoms with van der Waals surface area (Å²) in [4.78, 5) is 30.4. The predicted molar refractivity (Wildman–Crippen MR) is 117 cm³/mol. The lowest BCUT2D eigenvalue weighted by molar-refractivity contribution is 0.102. The van der Waals surface area contributed by atoms with E-state index in [2.05, 4.69) is 25.2 Å². The first-order chi connectivity index (χ1) is 15.1. The van der Waals surface area contributed by atoms with Crippen molar-refractivity contribution >= 4 is 44.2 Å². The molecule has 0 radical (unpaired) electrons. The van der Waals surface area contributed by atoms with Crippen molar-refractivity contribution in [3.05, 3.63) is 30.1 Å². The van der Waals surface area contributed by atoms with Gasteiger partial charge in [0.1, 0.15) is 21.9 Å². The quantitative estimate of drug-likeness (QED) is 0.605. The molecule has 2 N–H and O–H groups in total. The molecule has 2 fully saturated rings. The number of aliphatic hydroxyl groups excluding tert-OH is 1. The molecule has 0 atom stereocenters. The summed E-state index contributed by atoms with van der Waals surface area (Å²) in [6.45, 7) is 3.84. The van der Waals surface area contributed by atoms with Gasteiger partial charge in [-0.15, -0.1) is 0 Å². The molecule has 0 unspecified atom stereocenters. The van der Waals surface area contributed by atoms with Crippen LogP contribution in [0.2, 0.25) is 0 Å². The third kappa shape index (κ3) is 3.87. The zero-order valence-corrected chi connectivity index (χ0v) is 17.8. The Morgan fingerprint density at radius 3 is 2.84 bits per heavy atom. The summed E-state index contributed by atoms with van der Waals surface area (Å²) in [5.74, 6) is 1.78. The lowest BCUT2D eigenvalue weighted by Gasteiger charge is -2.36.